The summed E-state index contributed by atoms with van der Waals surface area (Å²) in [6, 6.07) is 6.91. The molecular weight excluding hydrogens is 358 g/mol. The first-order valence-corrected chi connectivity index (χ1v) is 9.90. The Kier molecular flexibility index (Phi) is 6.10. The average molecular weight is 380 g/mol. The molecule has 2 aromatic rings. The Bertz CT molecular complexity index is 900. The molecule has 0 fully saturated rings. The zero-order valence-electron chi connectivity index (χ0n) is 14.6. The molecule has 0 aliphatic rings. The van der Waals surface area contributed by atoms with Gasteiger partial charge in [-0.3, -0.25) is 4.79 Å². The van der Waals surface area contributed by atoms with Crippen molar-refractivity contribution in [1.82, 2.24) is 14.6 Å². The average Bonchev–Trinajstić information content (AvgIpc) is 2.90. The van der Waals surface area contributed by atoms with Gasteiger partial charge < -0.3 is 4.90 Å². The molecule has 0 aliphatic heterocycles. The lowest BCUT2D eigenvalue weighted by atomic mass is 10.1. The molecule has 1 aromatic heterocycles. The summed E-state index contributed by atoms with van der Waals surface area (Å²) in [5.41, 5.74) is 1.72. The van der Waals surface area contributed by atoms with Crippen molar-refractivity contribution in [3.63, 3.8) is 0 Å². The molecule has 134 valence electrons. The second-order valence-corrected chi connectivity index (χ2v) is 8.94. The molecule has 6 nitrogen and oxygen atoms in total. The number of thiazole rings is 1. The highest BCUT2D eigenvalue weighted by Gasteiger charge is 2.20. The summed E-state index contributed by atoms with van der Waals surface area (Å²) in [4.78, 5) is 18.0. The number of carbonyl (C=O) groups is 1. The normalized spacial score (nSPS) is 11.8. The highest BCUT2D eigenvalue weighted by molar-refractivity contribution is 7.91. The van der Waals surface area contributed by atoms with E-state index in [2.05, 4.69) is 9.71 Å². The van der Waals surface area contributed by atoms with Crippen molar-refractivity contribution in [2.75, 3.05) is 14.1 Å². The Balaban J connectivity index is 2.12. The summed E-state index contributed by atoms with van der Waals surface area (Å²) >= 11 is 1.14. The molecule has 0 aliphatic carbocycles. The van der Waals surface area contributed by atoms with E-state index in [1.54, 1.807) is 49.2 Å². The number of ketones is 1. The second-order valence-electron chi connectivity index (χ2n) is 5.77. The molecule has 2 rings (SSSR count). The molecule has 0 saturated heterocycles. The van der Waals surface area contributed by atoms with Crippen LogP contribution in [-0.4, -0.2) is 38.2 Å². The molecular formula is C17H21N3O3S2. The molecule has 0 unspecified atom stereocenters. The van der Waals surface area contributed by atoms with Crippen molar-refractivity contribution >= 4 is 27.1 Å². The first-order chi connectivity index (χ1) is 11.7. The number of allylic oxidation sites excluding steroid dienone is 1. The summed E-state index contributed by atoms with van der Waals surface area (Å²) in [6.45, 7) is 3.55. The van der Waals surface area contributed by atoms with Crippen LogP contribution in [0.25, 0.3) is 0 Å². The number of aromatic nitrogens is 1. The van der Waals surface area contributed by atoms with Crippen LogP contribution in [0.2, 0.25) is 0 Å². The predicted octanol–water partition coefficient (Wildman–Crippen LogP) is 2.50. The summed E-state index contributed by atoms with van der Waals surface area (Å²) < 4.78 is 27.6. The van der Waals surface area contributed by atoms with E-state index in [-0.39, 0.29) is 16.5 Å². The van der Waals surface area contributed by atoms with Crippen LogP contribution in [0, 0.1) is 13.8 Å². The lowest BCUT2D eigenvalue weighted by molar-refractivity contribution is 0.104. The van der Waals surface area contributed by atoms with Crippen molar-refractivity contribution < 1.29 is 13.2 Å². The van der Waals surface area contributed by atoms with Gasteiger partial charge in [-0.2, -0.15) is 0 Å². The van der Waals surface area contributed by atoms with Gasteiger partial charge >= 0.3 is 0 Å². The van der Waals surface area contributed by atoms with Crippen LogP contribution >= 0.6 is 11.3 Å². The minimum Gasteiger partial charge on any atom is -0.383 e. The minimum absolute atomic E-state index is 0.108. The van der Waals surface area contributed by atoms with E-state index in [9.17, 15) is 13.2 Å². The third kappa shape index (κ3) is 5.22. The lowest BCUT2D eigenvalue weighted by Crippen LogP contribution is -2.23. The number of carbonyl (C=O) groups excluding carboxylic acids is 1. The molecule has 0 radical (unpaired) electrons. The van der Waals surface area contributed by atoms with Gasteiger partial charge in [0.15, 0.2) is 9.99 Å². The first-order valence-electron chi connectivity index (χ1n) is 7.60. The maximum absolute atomic E-state index is 12.4. The van der Waals surface area contributed by atoms with Crippen LogP contribution in [0.5, 0.6) is 0 Å². The molecule has 0 bridgehead atoms. The predicted molar refractivity (Wildman–Crippen MR) is 99.2 cm³/mol. The highest BCUT2D eigenvalue weighted by atomic mass is 32.2. The van der Waals surface area contributed by atoms with Crippen LogP contribution < -0.4 is 4.72 Å². The van der Waals surface area contributed by atoms with E-state index in [1.165, 1.54) is 6.08 Å². The number of aryl methyl sites for hydroxylation is 2. The number of sulfonamides is 1. The van der Waals surface area contributed by atoms with E-state index in [0.29, 0.717) is 21.8 Å². The number of nitrogens with one attached hydrogen (secondary N) is 1. The van der Waals surface area contributed by atoms with Gasteiger partial charge in [-0.15, -0.1) is 11.3 Å². The maximum Gasteiger partial charge on any atom is 0.252 e. The fraction of sp³-hybridized carbons (Fsp3) is 0.294. The molecule has 0 spiro atoms. The Hall–Kier alpha value is -2.03. The topological polar surface area (TPSA) is 79.4 Å². The quantitative estimate of drug-likeness (QED) is 0.591. The monoisotopic (exact) mass is 379 g/mol. The van der Waals surface area contributed by atoms with Gasteiger partial charge in [-0.25, -0.2) is 18.1 Å². The number of benzene rings is 1. The second kappa shape index (κ2) is 7.90. The van der Waals surface area contributed by atoms with Crippen molar-refractivity contribution in [3.8, 4) is 0 Å². The van der Waals surface area contributed by atoms with Crippen LogP contribution in [0.15, 0.2) is 40.8 Å². The number of hydrogen-bond acceptors (Lipinski definition) is 6. The molecule has 1 heterocycles. The van der Waals surface area contributed by atoms with Crippen molar-refractivity contribution in [2.24, 2.45) is 0 Å². The Morgan fingerprint density at radius 3 is 2.64 bits per heavy atom. The van der Waals surface area contributed by atoms with Crippen LogP contribution in [0.1, 0.15) is 26.6 Å². The first kappa shape index (κ1) is 19.3. The number of hydrogen-bond donors (Lipinski definition) is 1. The molecule has 0 amide bonds. The smallest absolute Gasteiger partial charge is 0.252 e. The molecule has 0 saturated carbocycles. The highest BCUT2D eigenvalue weighted by Crippen LogP contribution is 2.22. The summed E-state index contributed by atoms with van der Waals surface area (Å²) in [7, 11) is 0.0405. The van der Waals surface area contributed by atoms with Gasteiger partial charge in [-0.05, 0) is 25.5 Å². The lowest BCUT2D eigenvalue weighted by Gasteiger charge is -2.07. The SMILES string of the molecule is Cc1nc(C)c(S(=O)(=O)NCc2cccc(C(=O)C=CN(C)C)c2)s1. The molecule has 1 N–H and O–H groups in total. The zero-order valence-corrected chi connectivity index (χ0v) is 16.2. The van der Waals surface area contributed by atoms with Crippen LogP contribution in [0.4, 0.5) is 0 Å². The van der Waals surface area contributed by atoms with E-state index >= 15 is 0 Å². The summed E-state index contributed by atoms with van der Waals surface area (Å²) in [6.07, 6.45) is 3.15. The van der Waals surface area contributed by atoms with Gasteiger partial charge in [-0.1, -0.05) is 18.2 Å². The van der Waals surface area contributed by atoms with Gasteiger partial charge in [0.1, 0.15) is 0 Å². The van der Waals surface area contributed by atoms with Crippen molar-refractivity contribution in [3.05, 3.63) is 58.4 Å². The fourth-order valence-corrected chi connectivity index (χ4v) is 4.70. The summed E-state index contributed by atoms with van der Waals surface area (Å²) in [5.74, 6) is -0.132. The third-order valence-corrected chi connectivity index (χ3v) is 6.39. The summed E-state index contributed by atoms with van der Waals surface area (Å²) in [5, 5.41) is 0.707. The molecule has 1 aromatic carbocycles. The van der Waals surface area contributed by atoms with Crippen molar-refractivity contribution in [2.45, 2.75) is 24.6 Å². The van der Waals surface area contributed by atoms with E-state index < -0.39 is 10.0 Å². The van der Waals surface area contributed by atoms with Gasteiger partial charge in [0.25, 0.3) is 10.0 Å². The van der Waals surface area contributed by atoms with Gasteiger partial charge in [0, 0.05) is 38.5 Å². The van der Waals surface area contributed by atoms with Gasteiger partial charge in [0.05, 0.1) is 10.7 Å². The van der Waals surface area contributed by atoms with E-state index in [0.717, 1.165) is 11.3 Å². The van der Waals surface area contributed by atoms with Crippen molar-refractivity contribution in [1.29, 1.82) is 0 Å². The standard InChI is InChI=1S/C17H21N3O3S2/c1-12-17(24-13(2)19-12)25(22,23)18-11-14-6-5-7-15(10-14)16(21)8-9-20(3)4/h5-10,18H,11H2,1-4H3. The molecule has 8 heteroatoms. The molecule has 0 atom stereocenters. The fourth-order valence-electron chi connectivity index (χ4n) is 2.15. The Morgan fingerprint density at radius 2 is 2.04 bits per heavy atom. The van der Waals surface area contributed by atoms with Crippen LogP contribution in [-0.2, 0) is 16.6 Å². The maximum atomic E-state index is 12.4. The van der Waals surface area contributed by atoms with Gasteiger partial charge in [0.2, 0.25) is 0 Å². The van der Waals surface area contributed by atoms with Crippen LogP contribution in [0.3, 0.4) is 0 Å². The number of rotatable bonds is 7. The Labute approximate surface area is 152 Å². The molecule has 25 heavy (non-hydrogen) atoms. The number of nitrogens with zero attached hydrogens (tertiary/aromatic N) is 2. The minimum atomic E-state index is -3.62. The zero-order chi connectivity index (χ0) is 18.6. The largest absolute Gasteiger partial charge is 0.383 e. The Morgan fingerprint density at radius 1 is 1.32 bits per heavy atom. The third-order valence-electron chi connectivity index (χ3n) is 3.31. The van der Waals surface area contributed by atoms with E-state index in [1.807, 2.05) is 14.1 Å². The van der Waals surface area contributed by atoms with E-state index in [4.69, 9.17) is 0 Å².